The van der Waals surface area contributed by atoms with Gasteiger partial charge in [-0.05, 0) is 54.5 Å². The third kappa shape index (κ3) is 3.56. The maximum atomic E-state index is 12.9. The lowest BCUT2D eigenvalue weighted by Gasteiger charge is -2.35. The first kappa shape index (κ1) is 16.8. The highest BCUT2D eigenvalue weighted by atomic mass is 19.4. The van der Waals surface area contributed by atoms with Crippen LogP contribution in [0.15, 0.2) is 48.5 Å². The van der Waals surface area contributed by atoms with Crippen molar-refractivity contribution in [3.05, 3.63) is 65.2 Å². The van der Waals surface area contributed by atoms with E-state index in [1.807, 2.05) is 30.3 Å². The number of aliphatic hydroxyl groups excluding tert-OH is 1. The van der Waals surface area contributed by atoms with Crippen LogP contribution in [0.1, 0.15) is 35.6 Å². The Kier molecular flexibility index (Phi) is 4.81. The van der Waals surface area contributed by atoms with Gasteiger partial charge in [-0.15, -0.1) is 0 Å². The molecule has 128 valence electrons. The molecule has 5 heteroatoms. The summed E-state index contributed by atoms with van der Waals surface area (Å²) < 4.78 is 38.8. The Morgan fingerprint density at radius 1 is 1.08 bits per heavy atom. The fourth-order valence-corrected chi connectivity index (χ4v) is 3.40. The average Bonchev–Trinajstić information content (AvgIpc) is 2.58. The van der Waals surface area contributed by atoms with Crippen molar-refractivity contribution in [2.75, 3.05) is 11.9 Å². The molecule has 24 heavy (non-hydrogen) atoms. The van der Waals surface area contributed by atoms with Gasteiger partial charge in [-0.1, -0.05) is 30.3 Å². The van der Waals surface area contributed by atoms with Gasteiger partial charge in [-0.2, -0.15) is 13.2 Å². The van der Waals surface area contributed by atoms with E-state index in [1.54, 1.807) is 0 Å². The lowest BCUT2D eigenvalue weighted by atomic mass is 9.80. The van der Waals surface area contributed by atoms with Crippen molar-refractivity contribution < 1.29 is 18.3 Å². The molecular weight excluding hydrogens is 315 g/mol. The van der Waals surface area contributed by atoms with Gasteiger partial charge in [0.1, 0.15) is 0 Å². The Morgan fingerprint density at radius 2 is 1.83 bits per heavy atom. The Morgan fingerprint density at radius 3 is 2.50 bits per heavy atom. The van der Waals surface area contributed by atoms with E-state index < -0.39 is 11.7 Å². The van der Waals surface area contributed by atoms with Crippen molar-refractivity contribution in [1.29, 1.82) is 0 Å². The summed E-state index contributed by atoms with van der Waals surface area (Å²) in [7, 11) is 0. The number of hydrogen-bond donors (Lipinski definition) is 2. The molecule has 2 atom stereocenters. The van der Waals surface area contributed by atoms with Gasteiger partial charge in [0.2, 0.25) is 0 Å². The largest absolute Gasteiger partial charge is 0.416 e. The van der Waals surface area contributed by atoms with Crippen LogP contribution in [-0.2, 0) is 12.6 Å². The van der Waals surface area contributed by atoms with Crippen LogP contribution < -0.4 is 5.32 Å². The van der Waals surface area contributed by atoms with Gasteiger partial charge in [0.05, 0.1) is 11.6 Å². The quantitative estimate of drug-likeness (QED) is 0.841. The molecule has 0 amide bonds. The molecule has 0 saturated carbocycles. The number of benzene rings is 2. The number of fused-ring (bicyclic) bond motifs is 1. The van der Waals surface area contributed by atoms with Crippen molar-refractivity contribution in [2.24, 2.45) is 5.92 Å². The molecule has 0 saturated heterocycles. The van der Waals surface area contributed by atoms with Gasteiger partial charge in [0.25, 0.3) is 0 Å². The average molecular weight is 335 g/mol. The van der Waals surface area contributed by atoms with Crippen molar-refractivity contribution in [2.45, 2.75) is 31.5 Å². The Hall–Kier alpha value is -2.01. The minimum absolute atomic E-state index is 0.0435. The highest BCUT2D eigenvalue weighted by Gasteiger charge is 2.34. The zero-order valence-corrected chi connectivity index (χ0v) is 13.2. The zero-order valence-electron chi connectivity index (χ0n) is 13.2. The zero-order chi connectivity index (χ0) is 17.2. The molecule has 1 aliphatic rings. The molecule has 0 aromatic heterocycles. The lowest BCUT2D eigenvalue weighted by Crippen LogP contribution is -2.28. The third-order valence-corrected chi connectivity index (χ3v) is 4.59. The van der Waals surface area contributed by atoms with Crippen LogP contribution in [0.3, 0.4) is 0 Å². The van der Waals surface area contributed by atoms with Gasteiger partial charge in [0.15, 0.2) is 0 Å². The molecule has 0 bridgehead atoms. The minimum Gasteiger partial charge on any atom is -0.396 e. The van der Waals surface area contributed by atoms with E-state index in [4.69, 9.17) is 5.11 Å². The first-order valence-electron chi connectivity index (χ1n) is 8.11. The summed E-state index contributed by atoms with van der Waals surface area (Å²) in [6.07, 6.45) is -2.35. The monoisotopic (exact) mass is 335 g/mol. The summed E-state index contributed by atoms with van der Waals surface area (Å²) in [6.45, 7) is 0.0907. The maximum Gasteiger partial charge on any atom is 0.416 e. The Bertz CT molecular complexity index is 685. The Balaban J connectivity index is 1.93. The molecule has 0 aliphatic carbocycles. The Labute approximate surface area is 139 Å². The fourth-order valence-electron chi connectivity index (χ4n) is 3.40. The van der Waals surface area contributed by atoms with Gasteiger partial charge < -0.3 is 10.4 Å². The minimum atomic E-state index is -4.33. The number of rotatable bonds is 4. The van der Waals surface area contributed by atoms with Gasteiger partial charge in [0, 0.05) is 12.3 Å². The topological polar surface area (TPSA) is 32.3 Å². The molecule has 0 spiro atoms. The molecule has 0 radical (unpaired) electrons. The number of anilines is 1. The van der Waals surface area contributed by atoms with Crippen molar-refractivity contribution in [1.82, 2.24) is 0 Å². The molecule has 1 heterocycles. The van der Waals surface area contributed by atoms with Gasteiger partial charge >= 0.3 is 6.18 Å². The van der Waals surface area contributed by atoms with Gasteiger partial charge in [-0.3, -0.25) is 0 Å². The SMILES string of the molecule is OCCC[C@H]1Cc2cc(C(F)(F)F)ccc2NC1c1ccccc1. The molecule has 2 aromatic carbocycles. The van der Waals surface area contributed by atoms with E-state index in [-0.39, 0.29) is 18.6 Å². The number of alkyl halides is 3. The van der Waals surface area contributed by atoms with E-state index in [0.29, 0.717) is 18.4 Å². The van der Waals surface area contributed by atoms with Crippen molar-refractivity contribution in [3.8, 4) is 0 Å². The van der Waals surface area contributed by atoms with E-state index in [0.717, 1.165) is 23.7 Å². The second-order valence-corrected chi connectivity index (χ2v) is 6.23. The predicted octanol–water partition coefficient (Wildman–Crippen LogP) is 4.80. The molecule has 2 N–H and O–H groups in total. The number of halogens is 3. The number of nitrogens with one attached hydrogen (secondary N) is 1. The lowest BCUT2D eigenvalue weighted by molar-refractivity contribution is -0.137. The molecular formula is C19H20F3NO. The van der Waals surface area contributed by atoms with E-state index in [2.05, 4.69) is 5.32 Å². The normalized spacial score (nSPS) is 20.3. The second kappa shape index (κ2) is 6.85. The molecule has 0 fully saturated rings. The maximum absolute atomic E-state index is 12.9. The standard InChI is InChI=1S/C19H20F3NO/c20-19(21,22)16-8-9-17-15(12-16)11-14(7-4-10-24)18(23-17)13-5-2-1-3-6-13/h1-3,5-6,8-9,12,14,18,23-24H,4,7,10-11H2/t14-,18?/m0/s1. The van der Waals surface area contributed by atoms with E-state index >= 15 is 0 Å². The molecule has 3 rings (SSSR count). The van der Waals surface area contributed by atoms with Gasteiger partial charge in [-0.25, -0.2) is 0 Å². The van der Waals surface area contributed by atoms with Crippen LogP contribution in [-0.4, -0.2) is 11.7 Å². The van der Waals surface area contributed by atoms with E-state index in [9.17, 15) is 13.2 Å². The highest BCUT2D eigenvalue weighted by molar-refractivity contribution is 5.57. The molecule has 2 nitrogen and oxygen atoms in total. The van der Waals surface area contributed by atoms with E-state index in [1.165, 1.54) is 12.1 Å². The number of aliphatic hydroxyl groups is 1. The fraction of sp³-hybridized carbons (Fsp3) is 0.368. The van der Waals surface area contributed by atoms with Crippen molar-refractivity contribution >= 4 is 5.69 Å². The summed E-state index contributed by atoms with van der Waals surface area (Å²) in [4.78, 5) is 0. The van der Waals surface area contributed by atoms with Crippen molar-refractivity contribution in [3.63, 3.8) is 0 Å². The first-order chi connectivity index (χ1) is 11.5. The number of hydrogen-bond acceptors (Lipinski definition) is 2. The summed E-state index contributed by atoms with van der Waals surface area (Å²) in [5.41, 5.74) is 1.96. The van der Waals surface area contributed by atoms with Crippen LogP contribution in [0.4, 0.5) is 18.9 Å². The molecule has 2 aromatic rings. The summed E-state index contributed by atoms with van der Waals surface area (Å²) >= 11 is 0. The van der Waals surface area contributed by atoms with Crippen LogP contribution in [0.2, 0.25) is 0 Å². The molecule has 1 aliphatic heterocycles. The third-order valence-electron chi connectivity index (χ3n) is 4.59. The van der Waals surface area contributed by atoms with Crippen LogP contribution in [0.25, 0.3) is 0 Å². The summed E-state index contributed by atoms with van der Waals surface area (Å²) in [6, 6.07) is 13.9. The molecule has 1 unspecified atom stereocenters. The summed E-state index contributed by atoms with van der Waals surface area (Å²) in [5, 5.41) is 12.5. The second-order valence-electron chi connectivity index (χ2n) is 6.23. The first-order valence-corrected chi connectivity index (χ1v) is 8.11. The van der Waals surface area contributed by atoms with Crippen LogP contribution in [0.5, 0.6) is 0 Å². The van der Waals surface area contributed by atoms with Crippen LogP contribution >= 0.6 is 0 Å². The highest BCUT2D eigenvalue weighted by Crippen LogP contribution is 2.41. The van der Waals surface area contributed by atoms with Crippen LogP contribution in [0, 0.1) is 5.92 Å². The summed E-state index contributed by atoms with van der Waals surface area (Å²) in [5.74, 6) is 0.149. The smallest absolute Gasteiger partial charge is 0.396 e. The predicted molar refractivity (Wildman–Crippen MR) is 87.8 cm³/mol.